The Balaban J connectivity index is 1.76. The smallest absolute Gasteiger partial charge is 0.262 e. The van der Waals surface area contributed by atoms with Gasteiger partial charge in [0.15, 0.2) is 0 Å². The number of nitrogens with zero attached hydrogens (tertiary/aromatic N) is 1. The van der Waals surface area contributed by atoms with Gasteiger partial charge in [0.05, 0.1) is 5.56 Å². The molecule has 4 rings (SSSR count). The number of carbonyl (C=O) groups excluding carboxylic acids is 1. The van der Waals surface area contributed by atoms with Crippen LogP contribution in [0.25, 0.3) is 6.08 Å². The van der Waals surface area contributed by atoms with Crippen LogP contribution in [0.15, 0.2) is 78.9 Å². The van der Waals surface area contributed by atoms with Crippen molar-refractivity contribution >= 4 is 57.5 Å². The number of carbonyl (C=O) groups is 1. The summed E-state index contributed by atoms with van der Waals surface area (Å²) in [4.78, 5) is 15.0. The molecule has 27 heavy (non-hydrogen) atoms. The fourth-order valence-electron chi connectivity index (χ4n) is 3.08. The number of fused-ring (bicyclic) bond motifs is 1. The normalized spacial score (nSPS) is 16.3. The summed E-state index contributed by atoms with van der Waals surface area (Å²) in [6, 6.07) is 23.2. The van der Waals surface area contributed by atoms with Crippen LogP contribution in [0.1, 0.15) is 15.9 Å². The standard InChI is InChI=1S/C22H16ClIN2O/c23-16-7-10-18(11-8-16)26-21(13-6-15-4-2-1-3-5-15)25-20-12-9-17(24)14-19(20)22(26)27/h1-14,21,25H. The van der Waals surface area contributed by atoms with E-state index in [0.717, 1.165) is 20.5 Å². The highest BCUT2D eigenvalue weighted by atomic mass is 127. The van der Waals surface area contributed by atoms with Gasteiger partial charge in [-0.25, -0.2) is 0 Å². The molecule has 3 aromatic rings. The monoisotopic (exact) mass is 486 g/mol. The van der Waals surface area contributed by atoms with Crippen molar-refractivity contribution in [1.82, 2.24) is 0 Å². The lowest BCUT2D eigenvalue weighted by molar-refractivity contribution is 0.0980. The zero-order valence-corrected chi connectivity index (χ0v) is 17.2. The number of amides is 1. The Labute approximate surface area is 176 Å². The molecule has 0 saturated carbocycles. The van der Waals surface area contributed by atoms with E-state index in [1.165, 1.54) is 0 Å². The molecule has 0 aliphatic carbocycles. The first-order valence-corrected chi connectivity index (χ1v) is 9.96. The lowest BCUT2D eigenvalue weighted by Crippen LogP contribution is -2.48. The van der Waals surface area contributed by atoms with Crippen LogP contribution in [0.4, 0.5) is 11.4 Å². The Morgan fingerprint density at radius 3 is 2.48 bits per heavy atom. The average molecular weight is 487 g/mol. The van der Waals surface area contributed by atoms with Gasteiger partial charge < -0.3 is 5.32 Å². The fraction of sp³-hybridized carbons (Fsp3) is 0.0455. The van der Waals surface area contributed by atoms with Crippen molar-refractivity contribution in [2.75, 3.05) is 10.2 Å². The van der Waals surface area contributed by atoms with E-state index in [9.17, 15) is 4.79 Å². The lowest BCUT2D eigenvalue weighted by Gasteiger charge is -2.36. The van der Waals surface area contributed by atoms with Gasteiger partial charge in [-0.2, -0.15) is 0 Å². The van der Waals surface area contributed by atoms with Gasteiger partial charge in [0.1, 0.15) is 6.17 Å². The van der Waals surface area contributed by atoms with Gasteiger partial charge >= 0.3 is 0 Å². The molecule has 3 aromatic carbocycles. The van der Waals surface area contributed by atoms with Crippen LogP contribution < -0.4 is 10.2 Å². The molecule has 1 aliphatic rings. The number of anilines is 2. The van der Waals surface area contributed by atoms with E-state index in [-0.39, 0.29) is 12.1 Å². The van der Waals surface area contributed by atoms with Crippen molar-refractivity contribution in [2.24, 2.45) is 0 Å². The summed E-state index contributed by atoms with van der Waals surface area (Å²) in [7, 11) is 0. The summed E-state index contributed by atoms with van der Waals surface area (Å²) in [6.45, 7) is 0. The summed E-state index contributed by atoms with van der Waals surface area (Å²) in [5, 5.41) is 4.11. The van der Waals surface area contributed by atoms with Crippen LogP contribution >= 0.6 is 34.2 Å². The number of nitrogens with one attached hydrogen (secondary N) is 1. The van der Waals surface area contributed by atoms with E-state index < -0.39 is 0 Å². The maximum atomic E-state index is 13.3. The molecule has 5 heteroatoms. The first kappa shape index (κ1) is 18.1. The molecule has 0 saturated heterocycles. The van der Waals surface area contributed by atoms with Crippen LogP contribution in [0.5, 0.6) is 0 Å². The zero-order valence-electron chi connectivity index (χ0n) is 14.3. The van der Waals surface area contributed by atoms with Crippen molar-refractivity contribution < 1.29 is 4.79 Å². The second-order valence-electron chi connectivity index (χ2n) is 6.20. The Kier molecular flexibility index (Phi) is 5.18. The fourth-order valence-corrected chi connectivity index (χ4v) is 3.70. The van der Waals surface area contributed by atoms with E-state index in [1.807, 2.05) is 72.8 Å². The summed E-state index contributed by atoms with van der Waals surface area (Å²) >= 11 is 8.25. The Bertz CT molecular complexity index is 1000. The molecule has 134 valence electrons. The van der Waals surface area contributed by atoms with Gasteiger partial charge in [0, 0.05) is 20.0 Å². The molecule has 1 amide bonds. The number of hydrogen-bond acceptors (Lipinski definition) is 2. The molecule has 0 bridgehead atoms. The predicted molar refractivity (Wildman–Crippen MR) is 120 cm³/mol. The van der Waals surface area contributed by atoms with E-state index in [4.69, 9.17) is 11.6 Å². The van der Waals surface area contributed by atoms with Crippen molar-refractivity contribution in [3.05, 3.63) is 98.6 Å². The molecule has 1 N–H and O–H groups in total. The molecular weight excluding hydrogens is 471 g/mol. The molecule has 0 radical (unpaired) electrons. The largest absolute Gasteiger partial charge is 0.361 e. The third-order valence-electron chi connectivity index (χ3n) is 4.39. The second kappa shape index (κ2) is 7.74. The molecule has 0 aromatic heterocycles. The quantitative estimate of drug-likeness (QED) is 0.457. The molecule has 0 spiro atoms. The van der Waals surface area contributed by atoms with E-state index in [1.54, 1.807) is 17.0 Å². The highest BCUT2D eigenvalue weighted by Crippen LogP contribution is 2.32. The lowest BCUT2D eigenvalue weighted by atomic mass is 10.1. The molecular formula is C22H16ClIN2O. The Hall–Kier alpha value is -2.31. The van der Waals surface area contributed by atoms with E-state index in [2.05, 4.69) is 27.9 Å². The number of benzene rings is 3. The minimum Gasteiger partial charge on any atom is -0.361 e. The third kappa shape index (κ3) is 3.87. The van der Waals surface area contributed by atoms with Gasteiger partial charge in [-0.1, -0.05) is 48.0 Å². The first-order chi connectivity index (χ1) is 13.1. The Morgan fingerprint density at radius 1 is 1.00 bits per heavy atom. The van der Waals surface area contributed by atoms with Crippen LogP contribution in [0.2, 0.25) is 5.02 Å². The van der Waals surface area contributed by atoms with Crippen molar-refractivity contribution in [3.8, 4) is 0 Å². The summed E-state index contributed by atoms with van der Waals surface area (Å²) in [5.74, 6) is -0.0349. The van der Waals surface area contributed by atoms with E-state index >= 15 is 0 Å². The maximum absolute atomic E-state index is 13.3. The highest BCUT2D eigenvalue weighted by molar-refractivity contribution is 14.1. The summed E-state index contributed by atoms with van der Waals surface area (Å²) in [5.41, 5.74) is 3.38. The van der Waals surface area contributed by atoms with Crippen LogP contribution in [-0.2, 0) is 0 Å². The number of hydrogen-bond donors (Lipinski definition) is 1. The van der Waals surface area contributed by atoms with Gasteiger partial charge in [-0.3, -0.25) is 9.69 Å². The van der Waals surface area contributed by atoms with Gasteiger partial charge in [-0.15, -0.1) is 0 Å². The minimum absolute atomic E-state index is 0.0349. The van der Waals surface area contributed by atoms with E-state index in [0.29, 0.717) is 10.6 Å². The summed E-state index contributed by atoms with van der Waals surface area (Å²) < 4.78 is 1.02. The highest BCUT2D eigenvalue weighted by Gasteiger charge is 2.31. The zero-order chi connectivity index (χ0) is 18.8. The van der Waals surface area contributed by atoms with Gasteiger partial charge in [-0.05, 0) is 76.7 Å². The average Bonchev–Trinajstić information content (AvgIpc) is 2.69. The minimum atomic E-state index is -0.300. The third-order valence-corrected chi connectivity index (χ3v) is 5.31. The topological polar surface area (TPSA) is 32.3 Å². The van der Waals surface area contributed by atoms with Crippen molar-refractivity contribution in [2.45, 2.75) is 6.17 Å². The first-order valence-electron chi connectivity index (χ1n) is 8.50. The molecule has 0 fully saturated rings. The molecule has 1 atom stereocenters. The molecule has 1 unspecified atom stereocenters. The molecule has 1 aliphatic heterocycles. The Morgan fingerprint density at radius 2 is 1.74 bits per heavy atom. The predicted octanol–water partition coefficient (Wildman–Crippen LogP) is 6.06. The van der Waals surface area contributed by atoms with Crippen LogP contribution in [0, 0.1) is 3.57 Å². The van der Waals surface area contributed by atoms with Crippen LogP contribution in [-0.4, -0.2) is 12.1 Å². The SMILES string of the molecule is O=C1c2cc(I)ccc2NC(C=Cc2ccccc2)N1c1ccc(Cl)cc1. The number of halogens is 2. The van der Waals surface area contributed by atoms with Gasteiger partial charge in [0.25, 0.3) is 5.91 Å². The maximum Gasteiger partial charge on any atom is 0.262 e. The van der Waals surface area contributed by atoms with Gasteiger partial charge in [0.2, 0.25) is 0 Å². The number of rotatable bonds is 3. The molecule has 3 nitrogen and oxygen atoms in total. The summed E-state index contributed by atoms with van der Waals surface area (Å²) in [6.07, 6.45) is 3.72. The van der Waals surface area contributed by atoms with Crippen molar-refractivity contribution in [1.29, 1.82) is 0 Å². The molecule has 1 heterocycles. The van der Waals surface area contributed by atoms with Crippen LogP contribution in [0.3, 0.4) is 0 Å². The van der Waals surface area contributed by atoms with Crippen molar-refractivity contribution in [3.63, 3.8) is 0 Å². The second-order valence-corrected chi connectivity index (χ2v) is 7.88.